The van der Waals surface area contributed by atoms with Crippen molar-refractivity contribution < 1.29 is 8.42 Å². The van der Waals surface area contributed by atoms with Crippen molar-refractivity contribution in [3.8, 4) is 5.69 Å². The van der Waals surface area contributed by atoms with E-state index in [4.69, 9.17) is 10.1 Å². The molecule has 2 N–H and O–H groups in total. The van der Waals surface area contributed by atoms with E-state index in [1.165, 1.54) is 12.1 Å². The topological polar surface area (TPSA) is 77.5 Å². The Hall–Kier alpha value is -3.22. The lowest BCUT2D eigenvalue weighted by atomic mass is 10.1. The van der Waals surface area contributed by atoms with E-state index in [-0.39, 0.29) is 4.90 Å². The van der Waals surface area contributed by atoms with Crippen molar-refractivity contribution in [2.45, 2.75) is 18.7 Å². The zero-order valence-electron chi connectivity index (χ0n) is 16.2. The van der Waals surface area contributed by atoms with E-state index in [9.17, 15) is 8.42 Å². The number of benzene rings is 3. The normalized spacial score (nSPS) is 12.1. The SMILES string of the molecule is Cc1cc(C=Nc2cccc3ccccc23)c(C)n1-c1ccc(S(N)(=O)=O)cc1. The van der Waals surface area contributed by atoms with Crippen LogP contribution in [0.3, 0.4) is 0 Å². The summed E-state index contributed by atoms with van der Waals surface area (Å²) in [4.78, 5) is 4.82. The number of hydrogen-bond acceptors (Lipinski definition) is 3. The number of sulfonamides is 1. The summed E-state index contributed by atoms with van der Waals surface area (Å²) in [5.41, 5.74) is 4.86. The van der Waals surface area contributed by atoms with Crippen molar-refractivity contribution in [2.75, 3.05) is 0 Å². The Morgan fingerprint density at radius 2 is 1.62 bits per heavy atom. The molecule has 29 heavy (non-hydrogen) atoms. The first-order valence-electron chi connectivity index (χ1n) is 9.18. The number of hydrogen-bond donors (Lipinski definition) is 1. The Balaban J connectivity index is 1.71. The van der Waals surface area contributed by atoms with E-state index in [0.29, 0.717) is 0 Å². The maximum Gasteiger partial charge on any atom is 0.238 e. The van der Waals surface area contributed by atoms with Crippen molar-refractivity contribution in [3.05, 3.63) is 89.7 Å². The van der Waals surface area contributed by atoms with Crippen LogP contribution in [0.1, 0.15) is 17.0 Å². The van der Waals surface area contributed by atoms with Gasteiger partial charge in [0.05, 0.1) is 10.6 Å². The number of aromatic nitrogens is 1. The van der Waals surface area contributed by atoms with Crippen molar-refractivity contribution in [2.24, 2.45) is 10.1 Å². The molecule has 0 aliphatic heterocycles. The minimum absolute atomic E-state index is 0.0986. The molecule has 0 atom stereocenters. The fourth-order valence-corrected chi connectivity index (χ4v) is 4.08. The molecular weight excluding hydrogens is 382 g/mol. The zero-order valence-corrected chi connectivity index (χ0v) is 17.0. The second-order valence-corrected chi connectivity index (χ2v) is 8.52. The van der Waals surface area contributed by atoms with Crippen LogP contribution in [0.15, 0.2) is 82.7 Å². The molecule has 0 saturated heterocycles. The van der Waals surface area contributed by atoms with Gasteiger partial charge in [0.2, 0.25) is 10.0 Å². The van der Waals surface area contributed by atoms with E-state index >= 15 is 0 Å². The van der Waals surface area contributed by atoms with Gasteiger partial charge in [0.25, 0.3) is 0 Å². The van der Waals surface area contributed by atoms with Gasteiger partial charge < -0.3 is 4.57 Å². The molecule has 0 fully saturated rings. The minimum atomic E-state index is -3.70. The third-order valence-corrected chi connectivity index (χ3v) is 5.93. The smallest absolute Gasteiger partial charge is 0.238 e. The van der Waals surface area contributed by atoms with Gasteiger partial charge in [-0.3, -0.25) is 4.99 Å². The fourth-order valence-electron chi connectivity index (χ4n) is 3.56. The first-order chi connectivity index (χ1) is 13.8. The second-order valence-electron chi connectivity index (χ2n) is 6.96. The minimum Gasteiger partial charge on any atom is -0.318 e. The number of aryl methyl sites for hydroxylation is 1. The van der Waals surface area contributed by atoms with Gasteiger partial charge in [-0.2, -0.15) is 0 Å². The van der Waals surface area contributed by atoms with Crippen LogP contribution >= 0.6 is 0 Å². The summed E-state index contributed by atoms with van der Waals surface area (Å²) in [5.74, 6) is 0. The van der Waals surface area contributed by atoms with Crippen LogP contribution in [0.5, 0.6) is 0 Å². The lowest BCUT2D eigenvalue weighted by Crippen LogP contribution is -2.12. The van der Waals surface area contributed by atoms with Crippen molar-refractivity contribution >= 4 is 32.7 Å². The van der Waals surface area contributed by atoms with Gasteiger partial charge in [-0.05, 0) is 55.6 Å². The Kier molecular flexibility index (Phi) is 4.82. The van der Waals surface area contributed by atoms with Gasteiger partial charge in [0, 0.05) is 34.2 Å². The third kappa shape index (κ3) is 3.72. The molecule has 0 aliphatic carbocycles. The third-order valence-electron chi connectivity index (χ3n) is 5.00. The molecule has 0 saturated carbocycles. The van der Waals surface area contributed by atoms with Crippen LogP contribution in [0.2, 0.25) is 0 Å². The average molecular weight is 404 g/mol. The molecule has 0 spiro atoms. The van der Waals surface area contributed by atoms with Crippen LogP contribution in [0.4, 0.5) is 5.69 Å². The number of nitrogens with two attached hydrogens (primary N) is 1. The lowest BCUT2D eigenvalue weighted by Gasteiger charge is -2.10. The van der Waals surface area contributed by atoms with E-state index in [1.807, 2.05) is 44.3 Å². The summed E-state index contributed by atoms with van der Waals surface area (Å²) in [6, 6.07) is 22.9. The van der Waals surface area contributed by atoms with E-state index in [1.54, 1.807) is 12.1 Å². The maximum atomic E-state index is 11.5. The van der Waals surface area contributed by atoms with Gasteiger partial charge in [-0.25, -0.2) is 13.6 Å². The van der Waals surface area contributed by atoms with Crippen LogP contribution in [0, 0.1) is 13.8 Å². The van der Waals surface area contributed by atoms with Crippen molar-refractivity contribution in [3.63, 3.8) is 0 Å². The van der Waals surface area contributed by atoms with Gasteiger partial charge in [0.1, 0.15) is 0 Å². The van der Waals surface area contributed by atoms with Gasteiger partial charge in [-0.1, -0.05) is 36.4 Å². The monoisotopic (exact) mass is 403 g/mol. The molecule has 1 aromatic heterocycles. The summed E-state index contributed by atoms with van der Waals surface area (Å²) < 4.78 is 25.0. The molecule has 1 heterocycles. The average Bonchev–Trinajstić information content (AvgIpc) is 2.99. The van der Waals surface area contributed by atoms with Crippen molar-refractivity contribution in [1.82, 2.24) is 4.57 Å². The Morgan fingerprint density at radius 1 is 0.931 bits per heavy atom. The van der Waals surface area contributed by atoms with Crippen LogP contribution in [-0.2, 0) is 10.0 Å². The van der Waals surface area contributed by atoms with Gasteiger partial charge in [0.15, 0.2) is 0 Å². The van der Waals surface area contributed by atoms with Gasteiger partial charge in [-0.15, -0.1) is 0 Å². The molecule has 0 amide bonds. The number of primary sulfonamides is 1. The highest BCUT2D eigenvalue weighted by atomic mass is 32.2. The molecule has 4 aromatic rings. The van der Waals surface area contributed by atoms with E-state index in [0.717, 1.165) is 39.1 Å². The zero-order chi connectivity index (χ0) is 20.6. The van der Waals surface area contributed by atoms with Crippen molar-refractivity contribution in [1.29, 1.82) is 0 Å². The van der Waals surface area contributed by atoms with Gasteiger partial charge >= 0.3 is 0 Å². The largest absolute Gasteiger partial charge is 0.318 e. The number of aliphatic imine (C=N–C) groups is 1. The highest BCUT2D eigenvalue weighted by molar-refractivity contribution is 7.89. The summed E-state index contributed by atoms with van der Waals surface area (Å²) >= 11 is 0. The molecule has 0 bridgehead atoms. The quantitative estimate of drug-likeness (QED) is 0.504. The molecule has 0 radical (unpaired) electrons. The molecule has 0 unspecified atom stereocenters. The maximum absolute atomic E-state index is 11.5. The first kappa shape index (κ1) is 19.1. The standard InChI is InChI=1S/C23H21N3O2S/c1-16-14-19(15-25-23-9-5-7-18-6-3-4-8-22(18)23)17(2)26(16)20-10-12-21(13-11-20)29(24,27)28/h3-15H,1-2H3,(H2,24,27,28). The van der Waals surface area contributed by atoms with Crippen LogP contribution in [-0.4, -0.2) is 19.2 Å². The highest BCUT2D eigenvalue weighted by Gasteiger charge is 2.12. The Morgan fingerprint density at radius 3 is 2.34 bits per heavy atom. The first-order valence-corrected chi connectivity index (χ1v) is 10.7. The molecule has 4 rings (SSSR count). The Bertz CT molecular complexity index is 1330. The number of rotatable bonds is 4. The highest BCUT2D eigenvalue weighted by Crippen LogP contribution is 2.26. The number of fused-ring (bicyclic) bond motifs is 1. The molecule has 3 aromatic carbocycles. The fraction of sp³-hybridized carbons (Fsp3) is 0.0870. The predicted molar refractivity (Wildman–Crippen MR) is 118 cm³/mol. The molecule has 146 valence electrons. The molecular formula is C23H21N3O2S. The summed E-state index contributed by atoms with van der Waals surface area (Å²) in [6.45, 7) is 4.03. The molecule has 0 aliphatic rings. The van der Waals surface area contributed by atoms with E-state index in [2.05, 4.69) is 28.8 Å². The lowest BCUT2D eigenvalue weighted by molar-refractivity contribution is 0.598. The summed E-state index contributed by atoms with van der Waals surface area (Å²) in [5, 5.41) is 7.46. The van der Waals surface area contributed by atoms with Crippen LogP contribution < -0.4 is 5.14 Å². The molecule has 5 nitrogen and oxygen atoms in total. The van der Waals surface area contributed by atoms with E-state index < -0.39 is 10.0 Å². The van der Waals surface area contributed by atoms with Crippen LogP contribution in [0.25, 0.3) is 16.5 Å². The predicted octanol–water partition coefficient (Wildman–Crippen LogP) is 4.65. The Labute approximate surface area is 170 Å². The summed E-state index contributed by atoms with van der Waals surface area (Å²) in [7, 11) is -3.70. The summed E-state index contributed by atoms with van der Waals surface area (Å²) in [6.07, 6.45) is 1.87. The number of nitrogens with zero attached hydrogens (tertiary/aromatic N) is 2. The molecule has 6 heteroatoms. The second kappa shape index (κ2) is 7.31.